The molecule has 2 saturated carbocycles. The SMILES string of the molecule is CC1(C)[C@@H]2CC[C@@]1(C)[C@H](OC(=O)/C=C/c1ccc(F)cc1)[C@@H]2C(c1ccccc1)c1ccccc1. The molecule has 0 heterocycles. The lowest BCUT2D eigenvalue weighted by Crippen LogP contribution is -2.42. The number of rotatable bonds is 6. The van der Waals surface area contributed by atoms with Gasteiger partial charge < -0.3 is 4.74 Å². The van der Waals surface area contributed by atoms with Gasteiger partial charge in [-0.3, -0.25) is 0 Å². The number of fused-ring (bicyclic) bond motifs is 2. The van der Waals surface area contributed by atoms with Crippen molar-refractivity contribution in [2.45, 2.75) is 45.6 Å². The Balaban J connectivity index is 1.51. The van der Waals surface area contributed by atoms with E-state index in [0.717, 1.165) is 18.4 Å². The van der Waals surface area contributed by atoms with Crippen molar-refractivity contribution >= 4 is 12.0 Å². The van der Waals surface area contributed by atoms with Gasteiger partial charge in [-0.2, -0.15) is 0 Å². The van der Waals surface area contributed by atoms with Crippen molar-refractivity contribution in [3.63, 3.8) is 0 Å². The Morgan fingerprint density at radius 3 is 2.06 bits per heavy atom. The molecule has 0 spiro atoms. The molecular weight excluding hydrogens is 435 g/mol. The van der Waals surface area contributed by atoms with Gasteiger partial charge >= 0.3 is 5.97 Å². The monoisotopic (exact) mass is 468 g/mol. The Morgan fingerprint density at radius 1 is 0.914 bits per heavy atom. The van der Waals surface area contributed by atoms with Crippen LogP contribution in [0.25, 0.3) is 6.08 Å². The predicted octanol–water partition coefficient (Wildman–Crippen LogP) is 7.66. The Kier molecular flexibility index (Phi) is 6.13. The zero-order valence-electron chi connectivity index (χ0n) is 20.7. The van der Waals surface area contributed by atoms with Crippen LogP contribution in [0.5, 0.6) is 0 Å². The van der Waals surface area contributed by atoms with Crippen LogP contribution >= 0.6 is 0 Å². The molecule has 2 aliphatic rings. The molecular formula is C32H33FO2. The van der Waals surface area contributed by atoms with Crippen molar-refractivity contribution in [1.82, 2.24) is 0 Å². The van der Waals surface area contributed by atoms with Crippen LogP contribution in [0, 0.1) is 28.5 Å². The maximum Gasteiger partial charge on any atom is 0.331 e. The highest BCUT2D eigenvalue weighted by atomic mass is 19.1. The quantitative estimate of drug-likeness (QED) is 0.274. The van der Waals surface area contributed by atoms with Gasteiger partial charge in [0.1, 0.15) is 11.9 Å². The van der Waals surface area contributed by atoms with Crippen molar-refractivity contribution in [3.8, 4) is 0 Å². The first-order chi connectivity index (χ1) is 16.8. The number of carbonyl (C=O) groups is 1. The minimum Gasteiger partial charge on any atom is -0.458 e. The van der Waals surface area contributed by atoms with E-state index in [2.05, 4.69) is 81.4 Å². The average Bonchev–Trinajstić information content (AvgIpc) is 3.18. The number of hydrogen-bond donors (Lipinski definition) is 0. The number of halogens is 1. The molecule has 4 atom stereocenters. The van der Waals surface area contributed by atoms with Crippen LogP contribution < -0.4 is 0 Å². The van der Waals surface area contributed by atoms with Crippen LogP contribution in [0.15, 0.2) is 91.0 Å². The molecule has 2 nitrogen and oxygen atoms in total. The summed E-state index contributed by atoms with van der Waals surface area (Å²) in [5, 5.41) is 0. The van der Waals surface area contributed by atoms with E-state index in [9.17, 15) is 9.18 Å². The molecule has 180 valence electrons. The van der Waals surface area contributed by atoms with Crippen LogP contribution in [0.2, 0.25) is 0 Å². The zero-order valence-corrected chi connectivity index (χ0v) is 20.7. The molecule has 0 N–H and O–H groups in total. The maximum atomic E-state index is 13.2. The van der Waals surface area contributed by atoms with Gasteiger partial charge in [0.25, 0.3) is 0 Å². The van der Waals surface area contributed by atoms with Crippen molar-refractivity contribution in [3.05, 3.63) is 114 Å². The van der Waals surface area contributed by atoms with Crippen molar-refractivity contribution < 1.29 is 13.9 Å². The Hall–Kier alpha value is -3.20. The summed E-state index contributed by atoms with van der Waals surface area (Å²) in [7, 11) is 0. The number of ether oxygens (including phenoxy) is 1. The van der Waals surface area contributed by atoms with Gasteiger partial charge in [-0.25, -0.2) is 9.18 Å². The first-order valence-electron chi connectivity index (χ1n) is 12.6. The summed E-state index contributed by atoms with van der Waals surface area (Å²) in [5.41, 5.74) is 3.23. The second-order valence-electron chi connectivity index (χ2n) is 10.9. The highest BCUT2D eigenvalue weighted by Crippen LogP contribution is 2.71. The minimum absolute atomic E-state index is 0.0467. The van der Waals surface area contributed by atoms with Gasteiger partial charge in [-0.1, -0.05) is 93.6 Å². The van der Waals surface area contributed by atoms with Gasteiger partial charge in [0, 0.05) is 23.3 Å². The van der Waals surface area contributed by atoms with E-state index in [4.69, 9.17) is 4.74 Å². The topological polar surface area (TPSA) is 26.3 Å². The molecule has 35 heavy (non-hydrogen) atoms. The average molecular weight is 469 g/mol. The fourth-order valence-electron chi connectivity index (χ4n) is 6.86. The van der Waals surface area contributed by atoms with E-state index >= 15 is 0 Å². The molecule has 3 aromatic rings. The van der Waals surface area contributed by atoms with E-state index in [1.54, 1.807) is 18.2 Å². The fourth-order valence-corrected chi connectivity index (χ4v) is 6.86. The molecule has 2 bridgehead atoms. The summed E-state index contributed by atoms with van der Waals surface area (Å²) in [5.74, 6) is 0.127. The van der Waals surface area contributed by atoms with Crippen LogP contribution in [0.3, 0.4) is 0 Å². The third kappa shape index (κ3) is 4.11. The third-order valence-corrected chi connectivity index (χ3v) is 9.04. The molecule has 3 heteroatoms. The second kappa shape index (κ2) is 9.11. The number of esters is 1. The van der Waals surface area contributed by atoms with E-state index < -0.39 is 0 Å². The molecule has 0 saturated heterocycles. The van der Waals surface area contributed by atoms with Gasteiger partial charge in [0.2, 0.25) is 0 Å². The molecule has 0 aromatic heterocycles. The van der Waals surface area contributed by atoms with Crippen LogP contribution in [-0.4, -0.2) is 12.1 Å². The van der Waals surface area contributed by atoms with Crippen molar-refractivity contribution in [2.24, 2.45) is 22.7 Å². The maximum absolute atomic E-state index is 13.2. The lowest BCUT2D eigenvalue weighted by molar-refractivity contribution is -0.154. The second-order valence-corrected chi connectivity index (χ2v) is 10.9. The molecule has 0 unspecified atom stereocenters. The minimum atomic E-state index is -0.339. The summed E-state index contributed by atoms with van der Waals surface area (Å²) < 4.78 is 19.6. The predicted molar refractivity (Wildman–Crippen MR) is 138 cm³/mol. The smallest absolute Gasteiger partial charge is 0.331 e. The molecule has 2 fully saturated rings. The Bertz CT molecular complexity index is 1160. The molecule has 0 amide bonds. The van der Waals surface area contributed by atoms with Crippen LogP contribution in [0.4, 0.5) is 4.39 Å². The fraction of sp³-hybridized carbons (Fsp3) is 0.344. The summed E-state index contributed by atoms with van der Waals surface area (Å²) in [6.45, 7) is 7.02. The van der Waals surface area contributed by atoms with Crippen LogP contribution in [0.1, 0.15) is 56.2 Å². The van der Waals surface area contributed by atoms with E-state index in [0.29, 0.717) is 5.92 Å². The highest BCUT2D eigenvalue weighted by molar-refractivity contribution is 5.87. The first-order valence-corrected chi connectivity index (χ1v) is 12.6. The highest BCUT2D eigenvalue weighted by Gasteiger charge is 2.69. The lowest BCUT2D eigenvalue weighted by atomic mass is 9.68. The van der Waals surface area contributed by atoms with Gasteiger partial charge in [0.05, 0.1) is 0 Å². The standard InChI is InChI=1S/C32H33FO2/c1-31(2)26-20-21-32(31,3)30(35-27(34)19-16-22-14-17-25(33)18-15-22)29(26)28(23-10-6-4-7-11-23)24-12-8-5-9-13-24/h4-19,26,28-30H,20-21H2,1-3H3/b19-16+/t26-,29+,30-,32+/m1/s1. The molecule has 2 aliphatic carbocycles. The lowest BCUT2D eigenvalue weighted by Gasteiger charge is -2.41. The molecule has 5 rings (SSSR count). The van der Waals surface area contributed by atoms with E-state index in [1.807, 2.05) is 0 Å². The largest absolute Gasteiger partial charge is 0.458 e. The molecule has 0 radical (unpaired) electrons. The van der Waals surface area contributed by atoms with Gasteiger partial charge in [0.15, 0.2) is 0 Å². The Morgan fingerprint density at radius 2 is 1.49 bits per heavy atom. The van der Waals surface area contributed by atoms with Crippen LogP contribution in [-0.2, 0) is 9.53 Å². The number of benzene rings is 3. The molecule has 3 aromatic carbocycles. The summed E-state index contributed by atoms with van der Waals surface area (Å²) in [6.07, 6.45) is 5.17. The summed E-state index contributed by atoms with van der Waals surface area (Å²) in [6, 6.07) is 27.4. The molecule has 0 aliphatic heterocycles. The van der Waals surface area contributed by atoms with E-state index in [-0.39, 0.29) is 40.6 Å². The summed E-state index contributed by atoms with van der Waals surface area (Å²) in [4.78, 5) is 13.1. The summed E-state index contributed by atoms with van der Waals surface area (Å²) >= 11 is 0. The van der Waals surface area contributed by atoms with Crippen molar-refractivity contribution in [2.75, 3.05) is 0 Å². The van der Waals surface area contributed by atoms with E-state index in [1.165, 1.54) is 29.3 Å². The van der Waals surface area contributed by atoms with Gasteiger partial charge in [-0.15, -0.1) is 0 Å². The number of hydrogen-bond acceptors (Lipinski definition) is 2. The van der Waals surface area contributed by atoms with Gasteiger partial charge in [-0.05, 0) is 59.1 Å². The van der Waals surface area contributed by atoms with Crippen molar-refractivity contribution in [1.29, 1.82) is 0 Å². The number of carbonyl (C=O) groups excluding carboxylic acids is 1. The third-order valence-electron chi connectivity index (χ3n) is 9.04. The Labute approximate surface area is 207 Å². The zero-order chi connectivity index (χ0) is 24.6. The first kappa shape index (κ1) is 23.5. The normalized spacial score (nSPS) is 26.9.